The van der Waals surface area contributed by atoms with Gasteiger partial charge < -0.3 is 0 Å². The third-order valence-corrected chi connectivity index (χ3v) is 4.31. The number of nitrogens with zero attached hydrogens (tertiary/aromatic N) is 2. The summed E-state index contributed by atoms with van der Waals surface area (Å²) in [6.45, 7) is 0.902. The van der Waals surface area contributed by atoms with Gasteiger partial charge in [0.15, 0.2) is 0 Å². The summed E-state index contributed by atoms with van der Waals surface area (Å²) >= 11 is 0. The van der Waals surface area contributed by atoms with Crippen molar-refractivity contribution in [2.24, 2.45) is 34.6 Å². The average Bonchev–Trinajstić information content (AvgIpc) is 2.59. The number of nitriles is 1. The lowest BCUT2D eigenvalue weighted by atomic mass is 9.78. The first kappa shape index (κ1) is 6.37. The third kappa shape index (κ3) is 0.542. The van der Waals surface area contributed by atoms with Crippen LogP contribution in [0, 0.1) is 40.9 Å². The SMILES string of the molecule is N#CC1=NC[C@@H]2C3=C[C@@H]([C@H]4C[C@@H]34)[C@H]12. The lowest BCUT2D eigenvalue weighted by Crippen LogP contribution is -2.26. The van der Waals surface area contributed by atoms with E-state index in [1.807, 2.05) is 0 Å². The zero-order valence-electron chi connectivity index (χ0n) is 7.27. The number of rotatable bonds is 0. The van der Waals surface area contributed by atoms with Gasteiger partial charge in [0, 0.05) is 18.4 Å². The topological polar surface area (TPSA) is 36.1 Å². The summed E-state index contributed by atoms with van der Waals surface area (Å²) < 4.78 is 0. The largest absolute Gasteiger partial charge is 0.278 e. The Kier molecular flexibility index (Phi) is 0.844. The van der Waals surface area contributed by atoms with Gasteiger partial charge >= 0.3 is 0 Å². The normalized spacial score (nSPS) is 53.6. The monoisotopic (exact) mass is 170 g/mol. The molecule has 64 valence electrons. The fourth-order valence-corrected chi connectivity index (χ4v) is 3.74. The first-order chi connectivity index (χ1) is 6.40. The Hall–Kier alpha value is -1.10. The number of allylic oxidation sites excluding steroid dienone is 1. The van der Waals surface area contributed by atoms with Crippen molar-refractivity contribution in [3.05, 3.63) is 11.6 Å². The van der Waals surface area contributed by atoms with Gasteiger partial charge in [0.1, 0.15) is 11.8 Å². The number of fused-ring (bicyclic) bond motifs is 7. The molecule has 0 aromatic rings. The van der Waals surface area contributed by atoms with E-state index in [1.54, 1.807) is 5.57 Å². The van der Waals surface area contributed by atoms with E-state index < -0.39 is 0 Å². The summed E-state index contributed by atoms with van der Waals surface area (Å²) in [6, 6.07) is 2.28. The van der Waals surface area contributed by atoms with Crippen LogP contribution in [0.1, 0.15) is 6.42 Å². The van der Waals surface area contributed by atoms with Crippen molar-refractivity contribution in [2.45, 2.75) is 6.42 Å². The second kappa shape index (κ2) is 1.72. The van der Waals surface area contributed by atoms with Crippen LogP contribution in [0.4, 0.5) is 0 Å². The Morgan fingerprint density at radius 3 is 3.23 bits per heavy atom. The van der Waals surface area contributed by atoms with E-state index in [1.165, 1.54) is 6.42 Å². The quantitative estimate of drug-likeness (QED) is 0.506. The number of hydrogen-bond donors (Lipinski definition) is 0. The van der Waals surface area contributed by atoms with Gasteiger partial charge in [-0.2, -0.15) is 5.26 Å². The van der Waals surface area contributed by atoms with E-state index in [0.29, 0.717) is 17.8 Å². The molecule has 0 unspecified atom stereocenters. The van der Waals surface area contributed by atoms with Crippen molar-refractivity contribution in [2.75, 3.05) is 6.54 Å². The van der Waals surface area contributed by atoms with E-state index in [9.17, 15) is 0 Å². The molecule has 0 aromatic carbocycles. The molecule has 1 saturated carbocycles. The highest BCUT2D eigenvalue weighted by Gasteiger charge is 2.62. The summed E-state index contributed by atoms with van der Waals surface area (Å²) in [7, 11) is 0. The molecule has 3 aliphatic carbocycles. The maximum atomic E-state index is 8.94. The second-order valence-electron chi connectivity index (χ2n) is 4.72. The van der Waals surface area contributed by atoms with Crippen molar-refractivity contribution < 1.29 is 0 Å². The van der Waals surface area contributed by atoms with Gasteiger partial charge in [0.25, 0.3) is 0 Å². The van der Waals surface area contributed by atoms with Crippen molar-refractivity contribution in [1.82, 2.24) is 0 Å². The van der Waals surface area contributed by atoms with Crippen LogP contribution < -0.4 is 0 Å². The first-order valence-electron chi connectivity index (χ1n) is 5.06. The van der Waals surface area contributed by atoms with E-state index in [4.69, 9.17) is 5.26 Å². The molecule has 0 aromatic heterocycles. The maximum absolute atomic E-state index is 8.94. The van der Waals surface area contributed by atoms with Gasteiger partial charge in [-0.1, -0.05) is 11.6 Å². The smallest absolute Gasteiger partial charge is 0.116 e. The minimum Gasteiger partial charge on any atom is -0.278 e. The number of aliphatic imine (C=N–C) groups is 1. The Balaban J connectivity index is 1.81. The fraction of sp³-hybridized carbons (Fsp3) is 0.636. The molecule has 2 bridgehead atoms. The number of hydrogen-bond acceptors (Lipinski definition) is 2. The molecule has 13 heavy (non-hydrogen) atoms. The van der Waals surface area contributed by atoms with Crippen LogP contribution in [0.2, 0.25) is 0 Å². The minimum atomic E-state index is 0.503. The highest BCUT2D eigenvalue weighted by Crippen LogP contribution is 2.67. The summed E-state index contributed by atoms with van der Waals surface area (Å²) in [5.74, 6) is 3.67. The molecule has 2 nitrogen and oxygen atoms in total. The van der Waals surface area contributed by atoms with Crippen LogP contribution in [0.15, 0.2) is 16.6 Å². The van der Waals surface area contributed by atoms with Crippen molar-refractivity contribution in [3.8, 4) is 6.07 Å². The van der Waals surface area contributed by atoms with Gasteiger partial charge in [-0.05, 0) is 24.2 Å². The van der Waals surface area contributed by atoms with Gasteiger partial charge in [-0.25, -0.2) is 0 Å². The average molecular weight is 170 g/mol. The van der Waals surface area contributed by atoms with Crippen LogP contribution >= 0.6 is 0 Å². The van der Waals surface area contributed by atoms with Crippen molar-refractivity contribution in [3.63, 3.8) is 0 Å². The fourth-order valence-electron chi connectivity index (χ4n) is 3.74. The van der Waals surface area contributed by atoms with Gasteiger partial charge in [0.05, 0.1) is 0 Å². The second-order valence-corrected chi connectivity index (χ2v) is 4.72. The first-order valence-corrected chi connectivity index (χ1v) is 5.06. The summed E-state index contributed by atoms with van der Waals surface area (Å²) in [5.41, 5.74) is 2.50. The Labute approximate surface area is 77.0 Å². The van der Waals surface area contributed by atoms with Gasteiger partial charge in [-0.15, -0.1) is 0 Å². The lowest BCUT2D eigenvalue weighted by molar-refractivity contribution is 0.373. The van der Waals surface area contributed by atoms with E-state index in [2.05, 4.69) is 17.1 Å². The molecular weight excluding hydrogens is 160 g/mol. The summed E-state index contributed by atoms with van der Waals surface area (Å²) in [5, 5.41) is 8.94. The van der Waals surface area contributed by atoms with Crippen LogP contribution in [-0.4, -0.2) is 12.3 Å². The molecule has 1 aliphatic heterocycles. The van der Waals surface area contributed by atoms with Gasteiger partial charge in [-0.3, -0.25) is 4.99 Å². The molecule has 0 saturated heterocycles. The molecule has 0 N–H and O–H groups in total. The molecular formula is C11H10N2. The zero-order valence-corrected chi connectivity index (χ0v) is 7.27. The third-order valence-electron chi connectivity index (χ3n) is 4.31. The summed E-state index contributed by atoms with van der Waals surface area (Å²) in [4.78, 5) is 4.35. The van der Waals surface area contributed by atoms with Crippen LogP contribution in [0.5, 0.6) is 0 Å². The Morgan fingerprint density at radius 2 is 2.38 bits per heavy atom. The maximum Gasteiger partial charge on any atom is 0.116 e. The zero-order chi connectivity index (χ0) is 8.58. The van der Waals surface area contributed by atoms with E-state index in [-0.39, 0.29) is 0 Å². The molecule has 1 fully saturated rings. The standard InChI is InChI=1S/C11H10N2/c12-3-10-11-8-2-7(5-1-6(5)8)9(11)4-13-10/h2,5-6,8-9,11H,1,4H2/t5-,6+,8+,9-,11+/m1/s1. The van der Waals surface area contributed by atoms with E-state index >= 15 is 0 Å². The van der Waals surface area contributed by atoms with E-state index in [0.717, 1.165) is 24.1 Å². The molecule has 0 amide bonds. The highest BCUT2D eigenvalue weighted by atomic mass is 14.9. The Bertz CT molecular complexity index is 399. The molecule has 4 aliphatic rings. The molecule has 4 rings (SSSR count). The molecule has 2 heteroatoms. The minimum absolute atomic E-state index is 0.503. The summed E-state index contributed by atoms with van der Waals surface area (Å²) in [6.07, 6.45) is 3.86. The lowest BCUT2D eigenvalue weighted by Gasteiger charge is -2.22. The molecule has 0 radical (unpaired) electrons. The Morgan fingerprint density at radius 1 is 1.46 bits per heavy atom. The molecule has 0 spiro atoms. The molecule has 5 atom stereocenters. The highest BCUT2D eigenvalue weighted by molar-refractivity contribution is 6.03. The van der Waals surface area contributed by atoms with Crippen LogP contribution in [-0.2, 0) is 0 Å². The van der Waals surface area contributed by atoms with Crippen LogP contribution in [0.3, 0.4) is 0 Å². The van der Waals surface area contributed by atoms with Crippen molar-refractivity contribution in [1.29, 1.82) is 5.26 Å². The molecule has 1 heterocycles. The van der Waals surface area contributed by atoms with Crippen molar-refractivity contribution >= 4 is 5.71 Å². The van der Waals surface area contributed by atoms with Crippen LogP contribution in [0.25, 0.3) is 0 Å². The predicted octanol–water partition coefficient (Wildman–Crippen LogP) is 1.40. The van der Waals surface area contributed by atoms with Gasteiger partial charge in [0.2, 0.25) is 0 Å². The predicted molar refractivity (Wildman–Crippen MR) is 48.1 cm³/mol.